The first-order chi connectivity index (χ1) is 11.9. The van der Waals surface area contributed by atoms with Crippen molar-refractivity contribution in [2.24, 2.45) is 0 Å². The Hall–Kier alpha value is -2.83. The molecule has 0 saturated heterocycles. The summed E-state index contributed by atoms with van der Waals surface area (Å²) < 4.78 is 41.8. The molecule has 1 heterocycles. The number of imidazole rings is 1. The number of rotatable bonds is 4. The van der Waals surface area contributed by atoms with Gasteiger partial charge in [0.2, 0.25) is 0 Å². The number of fused-ring (bicyclic) bond motifs is 1. The third-order valence-corrected chi connectivity index (χ3v) is 3.93. The molecule has 0 saturated carbocycles. The maximum absolute atomic E-state index is 13.6. The van der Waals surface area contributed by atoms with Crippen LogP contribution in [0.2, 0.25) is 0 Å². The molecule has 4 nitrogen and oxygen atoms in total. The van der Waals surface area contributed by atoms with Crippen LogP contribution in [-0.2, 0) is 6.54 Å². The highest BCUT2D eigenvalue weighted by Crippen LogP contribution is 2.19. The van der Waals surface area contributed by atoms with Crippen LogP contribution < -0.4 is 5.32 Å². The van der Waals surface area contributed by atoms with Crippen molar-refractivity contribution in [1.29, 1.82) is 0 Å². The van der Waals surface area contributed by atoms with Gasteiger partial charge in [0.25, 0.3) is 5.91 Å². The largest absolute Gasteiger partial charge is 0.348 e. The fourth-order valence-electron chi connectivity index (χ4n) is 2.58. The molecule has 0 unspecified atom stereocenters. The molecule has 0 spiro atoms. The zero-order valence-corrected chi connectivity index (χ0v) is 13.7. The first-order valence-corrected chi connectivity index (χ1v) is 7.75. The van der Waals surface area contributed by atoms with Gasteiger partial charge in [-0.2, -0.15) is 0 Å². The number of carbonyl (C=O) groups excluding carboxylic acids is 1. The first-order valence-electron chi connectivity index (χ1n) is 7.75. The Labute approximate surface area is 142 Å². The summed E-state index contributed by atoms with van der Waals surface area (Å²) in [5.74, 6) is -5.30. The van der Waals surface area contributed by atoms with Gasteiger partial charge in [-0.05, 0) is 43.7 Å². The lowest BCUT2D eigenvalue weighted by molar-refractivity contribution is 0.0945. The number of amides is 1. The van der Waals surface area contributed by atoms with Gasteiger partial charge >= 0.3 is 0 Å². The molecule has 3 rings (SSSR count). The molecule has 7 heteroatoms. The summed E-state index contributed by atoms with van der Waals surface area (Å²) in [6.45, 7) is 4.21. The van der Waals surface area contributed by atoms with Crippen molar-refractivity contribution in [3.8, 4) is 0 Å². The average molecular weight is 347 g/mol. The zero-order chi connectivity index (χ0) is 18.1. The number of aromatic nitrogens is 2. The highest BCUT2D eigenvalue weighted by atomic mass is 19.2. The minimum atomic E-state index is -1.66. The standard InChI is InChI=1S/C18H16F3N3O/c1-10(2)24-9-23-14-7-11(3-6-15(14)24)8-22-18(25)12-4-5-13(19)17(21)16(12)20/h3-7,9-10H,8H2,1-2H3,(H,22,25). The second-order valence-electron chi connectivity index (χ2n) is 5.97. The van der Waals surface area contributed by atoms with E-state index in [2.05, 4.69) is 10.3 Å². The topological polar surface area (TPSA) is 46.9 Å². The van der Waals surface area contributed by atoms with Gasteiger partial charge < -0.3 is 9.88 Å². The SMILES string of the molecule is CC(C)n1cnc2cc(CNC(=O)c3ccc(F)c(F)c3F)ccc21. The molecule has 2 aromatic carbocycles. The molecule has 3 aromatic rings. The van der Waals surface area contributed by atoms with E-state index < -0.39 is 28.9 Å². The third-order valence-electron chi connectivity index (χ3n) is 3.93. The van der Waals surface area contributed by atoms with Gasteiger partial charge in [0.15, 0.2) is 17.5 Å². The van der Waals surface area contributed by atoms with E-state index in [1.54, 1.807) is 6.33 Å². The van der Waals surface area contributed by atoms with Crippen LogP contribution in [0.4, 0.5) is 13.2 Å². The van der Waals surface area contributed by atoms with Gasteiger partial charge in [-0.3, -0.25) is 4.79 Å². The number of nitrogens with one attached hydrogen (secondary N) is 1. The van der Waals surface area contributed by atoms with Gasteiger partial charge in [-0.15, -0.1) is 0 Å². The van der Waals surface area contributed by atoms with Crippen LogP contribution in [0.5, 0.6) is 0 Å². The number of carbonyl (C=O) groups is 1. The number of halogens is 3. The Morgan fingerprint density at radius 2 is 1.92 bits per heavy atom. The van der Waals surface area contributed by atoms with Crippen molar-refractivity contribution in [3.63, 3.8) is 0 Å². The van der Waals surface area contributed by atoms with Gasteiger partial charge in [0, 0.05) is 12.6 Å². The highest BCUT2D eigenvalue weighted by Gasteiger charge is 2.18. The van der Waals surface area contributed by atoms with Crippen molar-refractivity contribution >= 4 is 16.9 Å². The molecule has 0 aliphatic carbocycles. The van der Waals surface area contributed by atoms with Gasteiger partial charge in [-0.25, -0.2) is 18.2 Å². The molecule has 0 aliphatic rings. The van der Waals surface area contributed by atoms with Crippen LogP contribution in [0.15, 0.2) is 36.7 Å². The zero-order valence-electron chi connectivity index (χ0n) is 13.7. The highest BCUT2D eigenvalue weighted by molar-refractivity contribution is 5.94. The number of benzene rings is 2. The molecule has 0 radical (unpaired) electrons. The number of nitrogens with zero attached hydrogens (tertiary/aromatic N) is 2. The van der Waals surface area contributed by atoms with Crippen LogP contribution in [0, 0.1) is 17.5 Å². The van der Waals surface area contributed by atoms with Crippen molar-refractivity contribution in [3.05, 3.63) is 65.2 Å². The Morgan fingerprint density at radius 3 is 2.64 bits per heavy atom. The predicted molar refractivity (Wildman–Crippen MR) is 87.6 cm³/mol. The van der Waals surface area contributed by atoms with Crippen LogP contribution in [0.1, 0.15) is 35.8 Å². The van der Waals surface area contributed by atoms with Crippen molar-refractivity contribution in [1.82, 2.24) is 14.9 Å². The van der Waals surface area contributed by atoms with Crippen LogP contribution >= 0.6 is 0 Å². The molecule has 0 atom stereocenters. The van der Waals surface area contributed by atoms with Crippen molar-refractivity contribution in [2.45, 2.75) is 26.4 Å². The van der Waals surface area contributed by atoms with E-state index in [9.17, 15) is 18.0 Å². The van der Waals surface area contributed by atoms with Crippen LogP contribution in [-0.4, -0.2) is 15.5 Å². The maximum atomic E-state index is 13.6. The van der Waals surface area contributed by atoms with E-state index in [1.165, 1.54) is 0 Å². The Bertz CT molecular complexity index is 950. The van der Waals surface area contributed by atoms with E-state index in [-0.39, 0.29) is 12.6 Å². The normalized spacial score (nSPS) is 11.3. The lowest BCUT2D eigenvalue weighted by Crippen LogP contribution is -2.24. The second-order valence-corrected chi connectivity index (χ2v) is 5.97. The molecule has 1 amide bonds. The summed E-state index contributed by atoms with van der Waals surface area (Å²) in [4.78, 5) is 16.3. The van der Waals surface area contributed by atoms with Crippen molar-refractivity contribution in [2.75, 3.05) is 0 Å². The summed E-state index contributed by atoms with van der Waals surface area (Å²) in [5.41, 5.74) is 1.97. The summed E-state index contributed by atoms with van der Waals surface area (Å²) >= 11 is 0. The fraction of sp³-hybridized carbons (Fsp3) is 0.222. The molecule has 0 fully saturated rings. The Morgan fingerprint density at radius 1 is 1.16 bits per heavy atom. The van der Waals surface area contributed by atoms with E-state index in [4.69, 9.17) is 0 Å². The third kappa shape index (κ3) is 3.22. The van der Waals surface area contributed by atoms with E-state index in [1.807, 2.05) is 36.6 Å². The molecular formula is C18H16F3N3O. The van der Waals surface area contributed by atoms with Gasteiger partial charge in [-0.1, -0.05) is 6.07 Å². The quantitative estimate of drug-likeness (QED) is 0.726. The average Bonchev–Trinajstić information content (AvgIpc) is 3.01. The smallest absolute Gasteiger partial charge is 0.254 e. The first kappa shape index (κ1) is 17.0. The Balaban J connectivity index is 1.76. The minimum absolute atomic E-state index is 0.113. The number of hydrogen-bond donors (Lipinski definition) is 1. The minimum Gasteiger partial charge on any atom is -0.348 e. The maximum Gasteiger partial charge on any atom is 0.254 e. The van der Waals surface area contributed by atoms with E-state index in [0.717, 1.165) is 28.7 Å². The van der Waals surface area contributed by atoms with Crippen LogP contribution in [0.3, 0.4) is 0 Å². The molecule has 1 aromatic heterocycles. The second kappa shape index (κ2) is 6.58. The van der Waals surface area contributed by atoms with Crippen molar-refractivity contribution < 1.29 is 18.0 Å². The molecular weight excluding hydrogens is 331 g/mol. The summed E-state index contributed by atoms with van der Waals surface area (Å²) in [7, 11) is 0. The lowest BCUT2D eigenvalue weighted by atomic mass is 10.1. The van der Waals surface area contributed by atoms with E-state index >= 15 is 0 Å². The fourth-order valence-corrected chi connectivity index (χ4v) is 2.58. The monoisotopic (exact) mass is 347 g/mol. The summed E-state index contributed by atoms with van der Waals surface area (Å²) in [5, 5.41) is 2.49. The lowest BCUT2D eigenvalue weighted by Gasteiger charge is -2.09. The summed E-state index contributed by atoms with van der Waals surface area (Å²) in [6, 6.07) is 7.43. The molecule has 0 bridgehead atoms. The molecule has 1 N–H and O–H groups in total. The molecule has 0 aliphatic heterocycles. The number of hydrogen-bond acceptors (Lipinski definition) is 2. The Kier molecular flexibility index (Phi) is 4.48. The van der Waals surface area contributed by atoms with Gasteiger partial charge in [0.1, 0.15) is 0 Å². The molecule has 130 valence electrons. The van der Waals surface area contributed by atoms with Crippen LogP contribution in [0.25, 0.3) is 11.0 Å². The molecule has 25 heavy (non-hydrogen) atoms. The van der Waals surface area contributed by atoms with Gasteiger partial charge in [0.05, 0.1) is 22.9 Å². The predicted octanol–water partition coefficient (Wildman–Crippen LogP) is 3.96. The summed E-state index contributed by atoms with van der Waals surface area (Å²) in [6.07, 6.45) is 1.74. The van der Waals surface area contributed by atoms with E-state index in [0.29, 0.717) is 0 Å².